The summed E-state index contributed by atoms with van der Waals surface area (Å²) in [6.45, 7) is 4.46. The summed E-state index contributed by atoms with van der Waals surface area (Å²) in [4.78, 5) is 45.0. The lowest BCUT2D eigenvalue weighted by Crippen LogP contribution is -2.52. The number of aromatic nitrogens is 1. The zero-order chi connectivity index (χ0) is 22.4. The van der Waals surface area contributed by atoms with Crippen LogP contribution in [0.3, 0.4) is 0 Å². The highest BCUT2D eigenvalue weighted by Crippen LogP contribution is 2.44. The van der Waals surface area contributed by atoms with Crippen molar-refractivity contribution in [3.05, 3.63) is 24.4 Å². The van der Waals surface area contributed by atoms with Crippen LogP contribution in [0.1, 0.15) is 65.2 Å². The average molecular weight is 431 g/mol. The van der Waals surface area contributed by atoms with Crippen molar-refractivity contribution in [3.63, 3.8) is 0 Å². The van der Waals surface area contributed by atoms with E-state index in [1.807, 2.05) is 13.8 Å². The van der Waals surface area contributed by atoms with Gasteiger partial charge in [-0.3, -0.25) is 19.6 Å². The minimum Gasteiger partial charge on any atom is -0.330 e. The van der Waals surface area contributed by atoms with E-state index in [0.29, 0.717) is 25.2 Å². The second-order valence-corrected chi connectivity index (χ2v) is 9.39. The summed E-state index contributed by atoms with van der Waals surface area (Å²) in [6, 6.07) is 4.74. The van der Waals surface area contributed by atoms with Crippen LogP contribution in [0.4, 0.5) is 5.82 Å². The number of hydrogen-bond donors (Lipinski definition) is 3. The Hall–Kier alpha value is -2.48. The van der Waals surface area contributed by atoms with Crippen LogP contribution < -0.4 is 10.8 Å². The minimum absolute atomic E-state index is 0.0732. The molecule has 3 N–H and O–H groups in total. The topological polar surface area (TPSA) is 112 Å². The molecule has 0 bridgehead atoms. The Labute approximate surface area is 183 Å². The lowest BCUT2D eigenvalue weighted by Gasteiger charge is -2.37. The van der Waals surface area contributed by atoms with Gasteiger partial charge < -0.3 is 10.2 Å². The normalized spacial score (nSPS) is 23.1. The van der Waals surface area contributed by atoms with Crippen LogP contribution in [-0.2, 0) is 14.4 Å². The largest absolute Gasteiger partial charge is 0.330 e. The molecule has 8 nitrogen and oxygen atoms in total. The third-order valence-electron chi connectivity index (χ3n) is 6.59. The predicted octanol–water partition coefficient (Wildman–Crippen LogP) is 3.13. The predicted molar refractivity (Wildman–Crippen MR) is 116 cm³/mol. The zero-order valence-electron chi connectivity index (χ0n) is 18.5. The average Bonchev–Trinajstić information content (AvgIpc) is 3.05. The first kappa shape index (κ1) is 23.2. The lowest BCUT2D eigenvalue weighted by molar-refractivity contribution is -0.147. The second kappa shape index (κ2) is 10.2. The Morgan fingerprint density at radius 2 is 2.00 bits per heavy atom. The van der Waals surface area contributed by atoms with Crippen molar-refractivity contribution in [2.45, 2.75) is 71.3 Å². The van der Waals surface area contributed by atoms with Gasteiger partial charge in [0.1, 0.15) is 11.9 Å². The quantitative estimate of drug-likeness (QED) is 0.433. The molecule has 31 heavy (non-hydrogen) atoms. The van der Waals surface area contributed by atoms with Crippen molar-refractivity contribution in [2.75, 3.05) is 11.9 Å². The fourth-order valence-corrected chi connectivity index (χ4v) is 5.36. The fraction of sp³-hybridized carbons (Fsp3) is 0.652. The maximum atomic E-state index is 13.7. The number of nitrogens with zero attached hydrogens (tertiary/aromatic N) is 2. The van der Waals surface area contributed by atoms with Gasteiger partial charge in [-0.05, 0) is 49.7 Å². The molecular formula is C23H34N4O4. The molecule has 1 aromatic heterocycles. The molecule has 1 saturated heterocycles. The first-order chi connectivity index (χ1) is 14.9. The molecule has 1 saturated carbocycles. The van der Waals surface area contributed by atoms with Gasteiger partial charge in [0.2, 0.25) is 17.7 Å². The molecule has 2 fully saturated rings. The molecular weight excluding hydrogens is 396 g/mol. The van der Waals surface area contributed by atoms with Crippen LogP contribution in [0, 0.1) is 17.3 Å². The van der Waals surface area contributed by atoms with Crippen molar-refractivity contribution in [1.29, 1.82) is 0 Å². The summed E-state index contributed by atoms with van der Waals surface area (Å²) < 4.78 is 0. The number of pyridine rings is 1. The van der Waals surface area contributed by atoms with Crippen LogP contribution >= 0.6 is 0 Å². The summed E-state index contributed by atoms with van der Waals surface area (Å²) in [7, 11) is 0. The highest BCUT2D eigenvalue weighted by molar-refractivity contribution is 5.99. The Bertz CT molecular complexity index is 779. The van der Waals surface area contributed by atoms with Gasteiger partial charge in [0.05, 0.1) is 5.41 Å². The van der Waals surface area contributed by atoms with Gasteiger partial charge in [0.25, 0.3) is 0 Å². The highest BCUT2D eigenvalue weighted by Gasteiger charge is 2.52. The lowest BCUT2D eigenvalue weighted by atomic mass is 9.75. The van der Waals surface area contributed by atoms with E-state index in [1.165, 1.54) is 0 Å². The molecule has 2 aliphatic rings. The molecule has 170 valence electrons. The van der Waals surface area contributed by atoms with E-state index in [2.05, 4.69) is 10.3 Å². The molecule has 3 amide bonds. The van der Waals surface area contributed by atoms with E-state index in [0.717, 1.165) is 32.1 Å². The Morgan fingerprint density at radius 1 is 1.26 bits per heavy atom. The number of hydrogen-bond acceptors (Lipinski definition) is 5. The van der Waals surface area contributed by atoms with Crippen molar-refractivity contribution in [2.24, 2.45) is 17.3 Å². The number of carbonyl (C=O) groups is 3. The first-order valence-electron chi connectivity index (χ1n) is 11.3. The number of carbonyl (C=O) groups excluding carboxylic acids is 3. The van der Waals surface area contributed by atoms with E-state index >= 15 is 0 Å². The van der Waals surface area contributed by atoms with Crippen molar-refractivity contribution in [3.8, 4) is 0 Å². The van der Waals surface area contributed by atoms with Gasteiger partial charge in [-0.15, -0.1) is 0 Å². The van der Waals surface area contributed by atoms with Crippen molar-refractivity contribution >= 4 is 23.5 Å². The van der Waals surface area contributed by atoms with Crippen LogP contribution in [-0.4, -0.2) is 45.4 Å². The number of amides is 3. The molecule has 1 aliphatic heterocycles. The summed E-state index contributed by atoms with van der Waals surface area (Å²) in [6.07, 6.45) is 7.62. The SMILES string of the molecule is CC(C)C[C@@]1(CC(=O)NO)CCN([C@H](C(=O)Nc2ccccn2)C2CCCCC2)C1=O. The van der Waals surface area contributed by atoms with Crippen LogP contribution in [0.5, 0.6) is 0 Å². The van der Waals surface area contributed by atoms with E-state index in [1.54, 1.807) is 34.8 Å². The van der Waals surface area contributed by atoms with E-state index in [4.69, 9.17) is 5.21 Å². The standard InChI is InChI=1S/C23H34N4O4/c1-16(2)14-23(15-19(28)26-31)11-13-27(22(23)30)20(17-8-4-3-5-9-17)21(29)25-18-10-6-7-12-24-18/h6-7,10,12,16-17,20,31H,3-5,8-9,11,13-15H2,1-2H3,(H,26,28)(H,24,25,29)/t20-,23+/m0/s1. The molecule has 0 unspecified atom stereocenters. The maximum Gasteiger partial charge on any atom is 0.248 e. The minimum atomic E-state index is -0.890. The van der Waals surface area contributed by atoms with Crippen molar-refractivity contribution < 1.29 is 19.6 Å². The number of nitrogens with one attached hydrogen (secondary N) is 2. The Balaban J connectivity index is 1.88. The summed E-state index contributed by atoms with van der Waals surface area (Å²) in [5, 5.41) is 12.0. The molecule has 8 heteroatoms. The van der Waals surface area contributed by atoms with Gasteiger partial charge in [-0.1, -0.05) is 39.2 Å². The smallest absolute Gasteiger partial charge is 0.248 e. The molecule has 2 atom stereocenters. The molecule has 2 heterocycles. The molecule has 0 spiro atoms. The summed E-state index contributed by atoms with van der Waals surface area (Å²) >= 11 is 0. The number of likely N-dealkylation sites (tertiary alicyclic amines) is 1. The van der Waals surface area contributed by atoms with Crippen LogP contribution in [0.2, 0.25) is 0 Å². The molecule has 0 aromatic carbocycles. The molecule has 1 aromatic rings. The van der Waals surface area contributed by atoms with Gasteiger partial charge in [0.15, 0.2) is 0 Å². The number of rotatable bonds is 8. The third-order valence-corrected chi connectivity index (χ3v) is 6.59. The maximum absolute atomic E-state index is 13.7. The van der Waals surface area contributed by atoms with Gasteiger partial charge in [0, 0.05) is 19.2 Å². The first-order valence-corrected chi connectivity index (χ1v) is 11.3. The van der Waals surface area contributed by atoms with Crippen LogP contribution in [0.15, 0.2) is 24.4 Å². The number of anilines is 1. The van der Waals surface area contributed by atoms with E-state index in [9.17, 15) is 14.4 Å². The van der Waals surface area contributed by atoms with Crippen molar-refractivity contribution in [1.82, 2.24) is 15.4 Å². The van der Waals surface area contributed by atoms with Gasteiger partial charge in [-0.2, -0.15) is 0 Å². The van der Waals surface area contributed by atoms with Gasteiger partial charge >= 0.3 is 0 Å². The molecule has 1 aliphatic carbocycles. The summed E-state index contributed by atoms with van der Waals surface area (Å²) in [5.74, 6) is -0.188. The number of hydroxylamine groups is 1. The van der Waals surface area contributed by atoms with Gasteiger partial charge in [-0.25, -0.2) is 10.5 Å². The molecule has 0 radical (unpaired) electrons. The van der Waals surface area contributed by atoms with E-state index < -0.39 is 17.4 Å². The second-order valence-electron chi connectivity index (χ2n) is 9.39. The highest BCUT2D eigenvalue weighted by atomic mass is 16.5. The monoisotopic (exact) mass is 430 g/mol. The fourth-order valence-electron chi connectivity index (χ4n) is 5.36. The third kappa shape index (κ3) is 5.42. The van der Waals surface area contributed by atoms with Crippen LogP contribution in [0.25, 0.3) is 0 Å². The van der Waals surface area contributed by atoms with E-state index in [-0.39, 0.29) is 30.1 Å². The summed E-state index contributed by atoms with van der Waals surface area (Å²) in [5.41, 5.74) is 0.786. The Kier molecular flexibility index (Phi) is 7.64. The Morgan fingerprint density at radius 3 is 2.61 bits per heavy atom. The zero-order valence-corrected chi connectivity index (χ0v) is 18.5. The molecule has 3 rings (SSSR count).